The summed E-state index contributed by atoms with van der Waals surface area (Å²) in [6, 6.07) is -0.217. The summed E-state index contributed by atoms with van der Waals surface area (Å²) in [5.41, 5.74) is 2.95. The SMILES string of the molecule is COC1=CCC2=C(C=C1)CC(CCC(=O)N1CCC[C@H]1C(=O)N1CCSC1)CC2. The minimum atomic E-state index is -0.217. The van der Waals surface area contributed by atoms with Crippen LogP contribution in [0.1, 0.15) is 51.4 Å². The van der Waals surface area contributed by atoms with Crippen molar-refractivity contribution in [3.8, 4) is 0 Å². The van der Waals surface area contributed by atoms with Gasteiger partial charge in [-0.15, -0.1) is 11.8 Å². The van der Waals surface area contributed by atoms with Gasteiger partial charge in [-0.05, 0) is 68.6 Å². The molecule has 4 aliphatic rings. The Morgan fingerprint density at radius 2 is 2.14 bits per heavy atom. The van der Waals surface area contributed by atoms with Gasteiger partial charge in [0.15, 0.2) is 0 Å². The van der Waals surface area contributed by atoms with Crippen molar-refractivity contribution in [3.05, 3.63) is 35.1 Å². The van der Waals surface area contributed by atoms with Crippen LogP contribution >= 0.6 is 11.8 Å². The van der Waals surface area contributed by atoms with Crippen molar-refractivity contribution in [1.29, 1.82) is 0 Å². The fraction of sp³-hybridized carbons (Fsp3) is 0.652. The molecule has 0 saturated carbocycles. The van der Waals surface area contributed by atoms with Crippen molar-refractivity contribution in [2.75, 3.05) is 31.8 Å². The highest BCUT2D eigenvalue weighted by Crippen LogP contribution is 2.36. The third-order valence-electron chi connectivity index (χ3n) is 6.74. The molecule has 0 aromatic rings. The van der Waals surface area contributed by atoms with Gasteiger partial charge in [-0.3, -0.25) is 9.59 Å². The number of ether oxygens (including phenoxy) is 1. The minimum absolute atomic E-state index is 0.165. The first-order chi connectivity index (χ1) is 14.2. The first-order valence-electron chi connectivity index (χ1n) is 10.9. The zero-order valence-electron chi connectivity index (χ0n) is 17.4. The molecule has 0 radical (unpaired) electrons. The third-order valence-corrected chi connectivity index (χ3v) is 7.71. The van der Waals surface area contributed by atoms with Crippen LogP contribution in [0.2, 0.25) is 0 Å². The second-order valence-electron chi connectivity index (χ2n) is 8.51. The van der Waals surface area contributed by atoms with Gasteiger partial charge in [-0.1, -0.05) is 11.6 Å². The number of carbonyl (C=O) groups is 2. The molecular weight excluding hydrogens is 384 g/mol. The Balaban J connectivity index is 1.30. The van der Waals surface area contributed by atoms with Gasteiger partial charge in [0, 0.05) is 25.3 Å². The van der Waals surface area contributed by atoms with Crippen LogP contribution in [0.15, 0.2) is 35.1 Å². The Kier molecular flexibility index (Phi) is 6.68. The summed E-state index contributed by atoms with van der Waals surface area (Å²) in [6.07, 6.45) is 14.0. The molecule has 2 aliphatic carbocycles. The average Bonchev–Trinajstić information content (AvgIpc) is 3.41. The van der Waals surface area contributed by atoms with Crippen molar-refractivity contribution in [2.45, 2.75) is 57.4 Å². The zero-order chi connectivity index (χ0) is 20.2. The first kappa shape index (κ1) is 20.6. The molecule has 5 nitrogen and oxygen atoms in total. The van der Waals surface area contributed by atoms with Crippen molar-refractivity contribution >= 4 is 23.6 Å². The summed E-state index contributed by atoms with van der Waals surface area (Å²) in [7, 11) is 1.72. The Morgan fingerprint density at radius 3 is 2.93 bits per heavy atom. The van der Waals surface area contributed by atoms with Crippen LogP contribution in [0.25, 0.3) is 0 Å². The highest BCUT2D eigenvalue weighted by atomic mass is 32.2. The molecule has 0 bridgehead atoms. The molecule has 6 heteroatoms. The monoisotopic (exact) mass is 416 g/mol. The molecule has 0 N–H and O–H groups in total. The number of likely N-dealkylation sites (tertiary alicyclic amines) is 1. The lowest BCUT2D eigenvalue weighted by Crippen LogP contribution is -2.47. The van der Waals surface area contributed by atoms with E-state index < -0.39 is 0 Å². The second kappa shape index (κ2) is 9.41. The van der Waals surface area contributed by atoms with E-state index >= 15 is 0 Å². The lowest BCUT2D eigenvalue weighted by Gasteiger charge is -2.29. The van der Waals surface area contributed by atoms with Gasteiger partial charge in [-0.25, -0.2) is 0 Å². The molecule has 0 spiro atoms. The molecule has 2 fully saturated rings. The van der Waals surface area contributed by atoms with Gasteiger partial charge in [-0.2, -0.15) is 0 Å². The molecule has 2 amide bonds. The van der Waals surface area contributed by atoms with Crippen LogP contribution in [0.5, 0.6) is 0 Å². The number of thioether (sulfide) groups is 1. The Hall–Kier alpha value is -1.69. The van der Waals surface area contributed by atoms with Gasteiger partial charge in [0.2, 0.25) is 11.8 Å². The average molecular weight is 417 g/mol. The quantitative estimate of drug-likeness (QED) is 0.683. The largest absolute Gasteiger partial charge is 0.497 e. The number of carbonyl (C=O) groups excluding carboxylic acids is 2. The predicted octanol–water partition coefficient (Wildman–Crippen LogP) is 3.88. The summed E-state index contributed by atoms with van der Waals surface area (Å²) < 4.78 is 5.37. The van der Waals surface area contributed by atoms with Gasteiger partial charge in [0.05, 0.1) is 13.0 Å². The van der Waals surface area contributed by atoms with Crippen molar-refractivity contribution in [1.82, 2.24) is 9.80 Å². The number of rotatable bonds is 5. The summed E-state index contributed by atoms with van der Waals surface area (Å²) >= 11 is 1.80. The second-order valence-corrected chi connectivity index (χ2v) is 9.58. The third kappa shape index (κ3) is 4.73. The normalized spacial score (nSPS) is 27.0. The maximum absolute atomic E-state index is 12.9. The van der Waals surface area contributed by atoms with Crippen LogP contribution < -0.4 is 0 Å². The lowest BCUT2D eigenvalue weighted by molar-refractivity contribution is -0.143. The lowest BCUT2D eigenvalue weighted by atomic mass is 9.80. The smallest absolute Gasteiger partial charge is 0.246 e. The van der Waals surface area contributed by atoms with E-state index in [1.165, 1.54) is 11.1 Å². The number of amides is 2. The number of hydrogen-bond donors (Lipinski definition) is 0. The van der Waals surface area contributed by atoms with E-state index in [1.54, 1.807) is 18.9 Å². The van der Waals surface area contributed by atoms with Crippen LogP contribution in [0.3, 0.4) is 0 Å². The molecule has 2 heterocycles. The van der Waals surface area contributed by atoms with E-state index in [2.05, 4.69) is 18.2 Å². The Morgan fingerprint density at radius 1 is 1.24 bits per heavy atom. The van der Waals surface area contributed by atoms with Gasteiger partial charge in [0.1, 0.15) is 11.8 Å². The summed E-state index contributed by atoms with van der Waals surface area (Å²) in [5.74, 6) is 3.63. The highest BCUT2D eigenvalue weighted by molar-refractivity contribution is 7.99. The molecule has 1 unspecified atom stereocenters. The maximum Gasteiger partial charge on any atom is 0.246 e. The van der Waals surface area contributed by atoms with E-state index in [0.717, 1.165) is 75.4 Å². The summed E-state index contributed by atoms with van der Waals surface area (Å²) in [6.45, 7) is 1.57. The molecule has 0 aromatic heterocycles. The van der Waals surface area contributed by atoms with Gasteiger partial charge in [0.25, 0.3) is 0 Å². The Bertz CT molecular complexity index is 736. The Labute approximate surface area is 178 Å². The van der Waals surface area contributed by atoms with E-state index in [4.69, 9.17) is 4.74 Å². The predicted molar refractivity (Wildman–Crippen MR) is 116 cm³/mol. The molecule has 158 valence electrons. The minimum Gasteiger partial charge on any atom is -0.497 e. The fourth-order valence-electron chi connectivity index (χ4n) is 4.98. The van der Waals surface area contributed by atoms with E-state index in [9.17, 15) is 9.59 Å². The van der Waals surface area contributed by atoms with E-state index in [-0.39, 0.29) is 17.9 Å². The van der Waals surface area contributed by atoms with Crippen LogP contribution in [-0.4, -0.2) is 59.5 Å². The fourth-order valence-corrected chi connectivity index (χ4v) is 5.93. The number of allylic oxidation sites excluding steroid dienone is 5. The molecular formula is C23H32N2O3S. The maximum atomic E-state index is 12.9. The van der Waals surface area contributed by atoms with Crippen molar-refractivity contribution in [3.63, 3.8) is 0 Å². The standard InChI is InChI=1S/C23H32N2O3S/c1-28-20-9-7-18-6-4-17(15-19(18)8-10-20)5-11-22(26)25-12-2-3-21(25)23(27)24-13-14-29-16-24/h8-10,17,21H,2-7,11-16H2,1H3/t17?,21-/m0/s1. The number of nitrogens with zero attached hydrogens (tertiary/aromatic N) is 2. The van der Waals surface area contributed by atoms with Crippen LogP contribution in [0.4, 0.5) is 0 Å². The highest BCUT2D eigenvalue weighted by Gasteiger charge is 2.37. The van der Waals surface area contributed by atoms with Crippen LogP contribution in [-0.2, 0) is 14.3 Å². The van der Waals surface area contributed by atoms with Gasteiger partial charge < -0.3 is 14.5 Å². The zero-order valence-corrected chi connectivity index (χ0v) is 18.2. The van der Waals surface area contributed by atoms with E-state index in [0.29, 0.717) is 12.3 Å². The molecule has 2 atom stereocenters. The molecule has 29 heavy (non-hydrogen) atoms. The van der Waals surface area contributed by atoms with Crippen LogP contribution in [0, 0.1) is 5.92 Å². The van der Waals surface area contributed by atoms with Gasteiger partial charge >= 0.3 is 0 Å². The first-order valence-corrected chi connectivity index (χ1v) is 12.1. The molecule has 2 aliphatic heterocycles. The number of hydrogen-bond acceptors (Lipinski definition) is 4. The number of methoxy groups -OCH3 is 1. The molecule has 4 rings (SSSR count). The van der Waals surface area contributed by atoms with E-state index in [1.807, 2.05) is 9.80 Å². The molecule has 2 saturated heterocycles. The molecule has 0 aromatic carbocycles. The summed E-state index contributed by atoms with van der Waals surface area (Å²) in [5, 5.41) is 0. The topological polar surface area (TPSA) is 49.9 Å². The van der Waals surface area contributed by atoms with Crippen molar-refractivity contribution < 1.29 is 14.3 Å². The van der Waals surface area contributed by atoms with Crippen molar-refractivity contribution in [2.24, 2.45) is 5.92 Å². The summed E-state index contributed by atoms with van der Waals surface area (Å²) in [4.78, 5) is 29.5.